The maximum atomic E-state index is 7.18. The molecule has 4 aromatic carbocycles. The predicted molar refractivity (Wildman–Crippen MR) is 204 cm³/mol. The van der Waals surface area contributed by atoms with Gasteiger partial charge in [-0.05, 0) is 0 Å². The van der Waals surface area contributed by atoms with E-state index in [1.165, 1.54) is 0 Å². The first kappa shape index (κ1) is 33.3. The summed E-state index contributed by atoms with van der Waals surface area (Å²) in [5, 5.41) is 4.03. The van der Waals surface area contributed by atoms with E-state index in [2.05, 4.69) is 42.5 Å². The molecule has 0 aliphatic carbocycles. The number of para-hydroxylation sites is 4. The molecule has 8 nitrogen and oxygen atoms in total. The maximum absolute atomic E-state index is 7.18. The van der Waals surface area contributed by atoms with Crippen molar-refractivity contribution in [3.63, 3.8) is 0 Å². The van der Waals surface area contributed by atoms with Gasteiger partial charge in [0, 0.05) is 0 Å². The molecule has 10 heteroatoms. The monoisotopic (exact) mass is 784 g/mol. The van der Waals surface area contributed by atoms with Crippen molar-refractivity contribution in [1.82, 2.24) is 19.9 Å². The van der Waals surface area contributed by atoms with E-state index in [9.17, 15) is 0 Å². The number of fused-ring (bicyclic) bond motifs is 4. The Labute approximate surface area is 308 Å². The van der Waals surface area contributed by atoms with Crippen LogP contribution in [0.25, 0.3) is 43.6 Å². The number of hydrogen-bond donors (Lipinski definition) is 0. The Morgan fingerprint density at radius 2 is 0.784 bits per heavy atom. The number of benzene rings is 4. The van der Waals surface area contributed by atoms with Gasteiger partial charge in [-0.25, -0.2) is 0 Å². The molecule has 0 N–H and O–H groups in total. The van der Waals surface area contributed by atoms with Crippen molar-refractivity contribution in [2.75, 3.05) is 0 Å². The van der Waals surface area contributed by atoms with Crippen molar-refractivity contribution in [3.05, 3.63) is 150 Å². The first-order valence-corrected chi connectivity index (χ1v) is 23.6. The second-order valence-electron chi connectivity index (χ2n) is 12.7. The minimum absolute atomic E-state index is 0.567. The number of hydrogen-bond acceptors (Lipinski definition) is 8. The van der Waals surface area contributed by atoms with Gasteiger partial charge in [0.15, 0.2) is 0 Å². The molecule has 0 saturated carbocycles. The molecular weight excluding hydrogens is 752 g/mol. The Hall–Kier alpha value is -4.85. The van der Waals surface area contributed by atoms with Crippen LogP contribution in [-0.4, -0.2) is 54.2 Å². The average molecular weight is 786 g/mol. The number of rotatable bonds is 10. The predicted octanol–water partition coefficient (Wildman–Crippen LogP) is 8.92. The molecule has 0 bridgehead atoms. The van der Waals surface area contributed by atoms with Crippen LogP contribution < -0.4 is 10.6 Å². The Kier molecular flexibility index (Phi) is 9.41. The summed E-state index contributed by atoms with van der Waals surface area (Å²) in [7, 11) is 0. The topological polar surface area (TPSA) is 88.5 Å². The Morgan fingerprint density at radius 3 is 1.24 bits per heavy atom. The van der Waals surface area contributed by atoms with Gasteiger partial charge in [0.1, 0.15) is 0 Å². The molecule has 0 aliphatic heterocycles. The fourth-order valence-corrected chi connectivity index (χ4v) is 17.3. The van der Waals surface area contributed by atoms with Gasteiger partial charge in [0.2, 0.25) is 0 Å². The summed E-state index contributed by atoms with van der Waals surface area (Å²) in [4.78, 5) is 20.1. The average Bonchev–Trinajstić information content (AvgIpc) is 3.12. The first-order chi connectivity index (χ1) is 24.9. The van der Waals surface area contributed by atoms with Gasteiger partial charge in [-0.3, -0.25) is 0 Å². The normalized spacial score (nSPS) is 11.3. The fourth-order valence-electron chi connectivity index (χ4n) is 6.26. The zero-order chi connectivity index (χ0) is 34.9. The van der Waals surface area contributed by atoms with E-state index in [4.69, 9.17) is 32.8 Å². The minimum atomic E-state index is -3.74. The molecule has 0 spiro atoms. The molecule has 0 aliphatic rings. The third-order valence-corrected chi connectivity index (χ3v) is 20.2. The Morgan fingerprint density at radius 1 is 0.412 bits per heavy atom. The zero-order valence-corrected chi connectivity index (χ0v) is 33.7. The summed E-state index contributed by atoms with van der Waals surface area (Å²) in [5.74, 6) is 1.94. The van der Waals surface area contributed by atoms with E-state index >= 15 is 0 Å². The molecule has 4 aromatic heterocycles. The van der Waals surface area contributed by atoms with E-state index in [-0.39, 0.29) is 0 Å². The quantitative estimate of drug-likeness (QED) is 0.127. The fraction of sp³-hybridized carbons (Fsp3) is 0.122. The van der Waals surface area contributed by atoms with E-state index in [1.54, 1.807) is 0 Å². The first-order valence-electron chi connectivity index (χ1n) is 17.0. The van der Waals surface area contributed by atoms with Gasteiger partial charge in [-0.2, -0.15) is 0 Å². The molecular formula is C41H34Ga2N4O4. The van der Waals surface area contributed by atoms with Crippen LogP contribution in [0.4, 0.5) is 0 Å². The molecule has 248 valence electrons. The van der Waals surface area contributed by atoms with Crippen molar-refractivity contribution < 1.29 is 12.9 Å². The van der Waals surface area contributed by atoms with Crippen LogP contribution in [0.2, 0.25) is 0 Å². The van der Waals surface area contributed by atoms with Crippen molar-refractivity contribution >= 4 is 77.9 Å². The second-order valence-corrected chi connectivity index (χ2v) is 21.6. The molecule has 0 unspecified atom stereocenters. The van der Waals surface area contributed by atoms with Crippen LogP contribution >= 0.6 is 0 Å². The molecule has 4 heterocycles. The summed E-state index contributed by atoms with van der Waals surface area (Å²) < 4.78 is 27.9. The van der Waals surface area contributed by atoms with Gasteiger partial charge in [0.25, 0.3) is 0 Å². The van der Waals surface area contributed by atoms with Crippen LogP contribution in [0.3, 0.4) is 0 Å². The zero-order valence-electron chi connectivity index (χ0n) is 28.8. The van der Waals surface area contributed by atoms with Crippen LogP contribution in [-0.2, 0) is 7.30 Å². The third-order valence-electron chi connectivity index (χ3n) is 8.76. The Balaban J connectivity index is 1.24. The van der Waals surface area contributed by atoms with E-state index in [0.29, 0.717) is 22.2 Å². The van der Waals surface area contributed by atoms with E-state index in [1.807, 2.05) is 107 Å². The summed E-state index contributed by atoms with van der Waals surface area (Å²) in [6, 6.07) is 40.5. The van der Waals surface area contributed by atoms with Gasteiger partial charge in [-0.1, -0.05) is 0 Å². The molecule has 51 heavy (non-hydrogen) atoms. The van der Waals surface area contributed by atoms with Crippen LogP contribution in [0, 0.1) is 27.7 Å². The SMILES string of the molecule is Cc1ccc2cccc([CH2][Ga]([O]c3cccc4ccc(C)nc34)[O][Ga]([O]c3cccc4ccc(C)nc34)[O]c3cccc4ccc(C)nc34)c2n1. The Bertz CT molecular complexity index is 2210. The van der Waals surface area contributed by atoms with Gasteiger partial charge >= 0.3 is 310 Å². The summed E-state index contributed by atoms with van der Waals surface area (Å²) in [6.07, 6.45) is 0. The molecule has 8 rings (SSSR count). The van der Waals surface area contributed by atoms with Crippen LogP contribution in [0.1, 0.15) is 28.3 Å². The number of nitrogens with zero attached hydrogens (tertiary/aromatic N) is 4. The molecule has 0 fully saturated rings. The van der Waals surface area contributed by atoms with Gasteiger partial charge in [0.05, 0.1) is 0 Å². The molecule has 8 aromatic rings. The van der Waals surface area contributed by atoms with Crippen molar-refractivity contribution in [1.29, 1.82) is 0 Å². The van der Waals surface area contributed by atoms with Gasteiger partial charge in [-0.15, -0.1) is 0 Å². The molecule has 0 amide bonds. The van der Waals surface area contributed by atoms with Gasteiger partial charge < -0.3 is 0 Å². The summed E-state index contributed by atoms with van der Waals surface area (Å²) in [6.45, 7) is 7.96. The van der Waals surface area contributed by atoms with Crippen LogP contribution in [0.5, 0.6) is 17.2 Å². The third kappa shape index (κ3) is 7.32. The van der Waals surface area contributed by atoms with Crippen molar-refractivity contribution in [2.45, 2.75) is 32.7 Å². The molecule has 0 radical (unpaired) electrons. The van der Waals surface area contributed by atoms with E-state index < -0.39 is 34.3 Å². The van der Waals surface area contributed by atoms with Crippen molar-refractivity contribution in [3.8, 4) is 17.2 Å². The standard InChI is InChI=1S/C11H10N.3C10H9NO.2Ga.O/c1-8-4-3-5-10-7-6-9(2)12-11(8)10;3*1-7-5-6-8-3-2-4-9(12)10(8)11-7;;;/h3-7H,1H2,2H3;3*2-6,12H,1H3;;;/q;;;;+1;+2;/p-3. The summed E-state index contributed by atoms with van der Waals surface area (Å²) >= 11 is -7.11. The van der Waals surface area contributed by atoms with Crippen molar-refractivity contribution in [2.24, 2.45) is 0 Å². The number of aromatic nitrogens is 4. The molecule has 0 atom stereocenters. The van der Waals surface area contributed by atoms with E-state index in [0.717, 1.165) is 72.0 Å². The number of aryl methyl sites for hydroxylation is 4. The second kappa shape index (κ2) is 14.4. The molecule has 0 saturated heterocycles. The van der Waals surface area contributed by atoms with Crippen LogP contribution in [0.15, 0.2) is 121 Å². The summed E-state index contributed by atoms with van der Waals surface area (Å²) in [5.41, 5.74) is 8.00. The number of pyridine rings is 4.